The molecule has 1 aromatic carbocycles. The molecule has 0 unspecified atom stereocenters. The van der Waals surface area contributed by atoms with Gasteiger partial charge in [-0.3, -0.25) is 4.79 Å². The zero-order valence-corrected chi connectivity index (χ0v) is 11.4. The summed E-state index contributed by atoms with van der Waals surface area (Å²) >= 11 is 0. The third-order valence-electron chi connectivity index (χ3n) is 2.60. The van der Waals surface area contributed by atoms with Crippen LogP contribution >= 0.6 is 0 Å². The summed E-state index contributed by atoms with van der Waals surface area (Å²) in [5.41, 5.74) is 6.78. The predicted molar refractivity (Wildman–Crippen MR) is 70.3 cm³/mol. The van der Waals surface area contributed by atoms with Crippen LogP contribution in [0.3, 0.4) is 0 Å². The maximum Gasteiger partial charge on any atom is 0.232 e. The summed E-state index contributed by atoms with van der Waals surface area (Å²) in [5.74, 6) is -0.784. The number of carbonyl (C=O) groups excluding carboxylic acids is 1. The number of benzene rings is 1. The van der Waals surface area contributed by atoms with E-state index in [0.29, 0.717) is 5.56 Å². The van der Waals surface area contributed by atoms with E-state index in [1.54, 1.807) is 6.07 Å². The first kappa shape index (κ1) is 14.7. The Labute approximate surface area is 108 Å². The van der Waals surface area contributed by atoms with Crippen LogP contribution < -0.4 is 5.73 Å². The Morgan fingerprint density at radius 2 is 1.94 bits per heavy atom. The van der Waals surface area contributed by atoms with Crippen molar-refractivity contribution in [1.82, 2.24) is 4.31 Å². The lowest BCUT2D eigenvalue weighted by atomic mass is 10.1. The highest BCUT2D eigenvalue weighted by Gasteiger charge is 2.19. The molecule has 0 saturated heterocycles. The number of nitrogens with two attached hydrogens (primary N) is 1. The van der Waals surface area contributed by atoms with Crippen LogP contribution in [0.15, 0.2) is 24.3 Å². The molecule has 0 fully saturated rings. The second-order valence-electron chi connectivity index (χ2n) is 4.15. The normalized spacial score (nSPS) is 11.7. The first-order valence-electron chi connectivity index (χ1n) is 5.65. The van der Waals surface area contributed by atoms with Gasteiger partial charge in [0.25, 0.3) is 0 Å². The number of carbonyl (C=O) groups is 1. The highest BCUT2D eigenvalue weighted by molar-refractivity contribution is 7.88. The lowest BCUT2D eigenvalue weighted by Gasteiger charge is -2.15. The van der Waals surface area contributed by atoms with Gasteiger partial charge in [-0.05, 0) is 17.5 Å². The topological polar surface area (TPSA) is 80.5 Å². The number of hydrogen-bond acceptors (Lipinski definition) is 3. The van der Waals surface area contributed by atoms with E-state index in [9.17, 15) is 13.2 Å². The fourth-order valence-electron chi connectivity index (χ4n) is 1.58. The molecule has 0 bridgehead atoms. The van der Waals surface area contributed by atoms with Gasteiger partial charge in [0.05, 0.1) is 12.3 Å². The van der Waals surface area contributed by atoms with Crippen LogP contribution in [0, 0.1) is 0 Å². The summed E-state index contributed by atoms with van der Waals surface area (Å²) in [4.78, 5) is 10.7. The molecule has 18 heavy (non-hydrogen) atoms. The van der Waals surface area contributed by atoms with Crippen molar-refractivity contribution in [3.05, 3.63) is 35.4 Å². The predicted octanol–water partition coefficient (Wildman–Crippen LogP) is 0.496. The van der Waals surface area contributed by atoms with Crippen molar-refractivity contribution < 1.29 is 13.2 Å². The van der Waals surface area contributed by atoms with Gasteiger partial charge < -0.3 is 5.73 Å². The lowest BCUT2D eigenvalue weighted by Crippen LogP contribution is -2.36. The number of sulfonamides is 1. The fourth-order valence-corrected chi connectivity index (χ4v) is 2.72. The van der Waals surface area contributed by atoms with Crippen molar-refractivity contribution in [1.29, 1.82) is 0 Å². The summed E-state index contributed by atoms with van der Waals surface area (Å²) < 4.78 is 24.9. The lowest BCUT2D eigenvalue weighted by molar-refractivity contribution is -0.118. The molecule has 6 heteroatoms. The molecule has 0 saturated carbocycles. The highest BCUT2D eigenvalue weighted by atomic mass is 32.2. The molecule has 100 valence electrons. The Kier molecular flexibility index (Phi) is 4.86. The number of amides is 1. The number of hydrogen-bond donors (Lipinski definition) is 1. The summed E-state index contributed by atoms with van der Waals surface area (Å²) in [7, 11) is -2.15. The van der Waals surface area contributed by atoms with Crippen LogP contribution in [-0.2, 0) is 27.0 Å². The van der Waals surface area contributed by atoms with E-state index in [1.807, 2.05) is 25.1 Å². The quantitative estimate of drug-likeness (QED) is 0.817. The maximum atomic E-state index is 12.0. The van der Waals surface area contributed by atoms with Gasteiger partial charge in [-0.2, -0.15) is 4.31 Å². The van der Waals surface area contributed by atoms with Crippen LogP contribution in [0.4, 0.5) is 0 Å². The third kappa shape index (κ3) is 4.12. The van der Waals surface area contributed by atoms with Gasteiger partial charge in [0, 0.05) is 7.05 Å². The molecule has 0 aliphatic carbocycles. The Morgan fingerprint density at radius 1 is 1.33 bits per heavy atom. The first-order valence-corrected chi connectivity index (χ1v) is 7.26. The average molecular weight is 270 g/mol. The molecule has 0 spiro atoms. The number of nitrogens with zero attached hydrogens (tertiary/aromatic N) is 1. The summed E-state index contributed by atoms with van der Waals surface area (Å²) in [6, 6.07) is 7.39. The van der Waals surface area contributed by atoms with Gasteiger partial charge in [-0.25, -0.2) is 8.42 Å². The Balaban J connectivity index is 2.84. The van der Waals surface area contributed by atoms with Gasteiger partial charge >= 0.3 is 0 Å². The monoisotopic (exact) mass is 270 g/mol. The molecule has 0 aromatic heterocycles. The number of likely N-dealkylation sites (N-methyl/N-ethyl adjacent to an activating group) is 1. The van der Waals surface area contributed by atoms with Crippen molar-refractivity contribution in [2.75, 3.05) is 13.6 Å². The molecule has 1 rings (SSSR count). The molecule has 5 nitrogen and oxygen atoms in total. The van der Waals surface area contributed by atoms with Gasteiger partial charge in [-0.1, -0.05) is 31.2 Å². The molecular weight excluding hydrogens is 252 g/mol. The Morgan fingerprint density at radius 3 is 2.50 bits per heavy atom. The molecule has 0 aliphatic rings. The zero-order chi connectivity index (χ0) is 13.8. The van der Waals surface area contributed by atoms with Crippen molar-refractivity contribution in [3.8, 4) is 0 Å². The number of rotatable bonds is 6. The minimum absolute atomic E-state index is 0.120. The molecule has 2 N–H and O–H groups in total. The van der Waals surface area contributed by atoms with E-state index in [4.69, 9.17) is 5.73 Å². The van der Waals surface area contributed by atoms with Gasteiger partial charge in [0.15, 0.2) is 0 Å². The average Bonchev–Trinajstić information content (AvgIpc) is 2.27. The minimum Gasteiger partial charge on any atom is -0.369 e. The van der Waals surface area contributed by atoms with Crippen LogP contribution in [-0.4, -0.2) is 32.2 Å². The zero-order valence-electron chi connectivity index (χ0n) is 10.6. The van der Waals surface area contributed by atoms with Crippen LogP contribution in [0.5, 0.6) is 0 Å². The Bertz CT molecular complexity index is 526. The SMILES string of the molecule is CCc1cccc(CS(=O)(=O)N(C)CC(N)=O)c1. The second-order valence-corrected chi connectivity index (χ2v) is 6.23. The number of primary amides is 1. The van der Waals surface area contributed by atoms with Crippen molar-refractivity contribution in [2.24, 2.45) is 5.73 Å². The second kappa shape index (κ2) is 5.97. The smallest absolute Gasteiger partial charge is 0.232 e. The molecule has 1 aromatic rings. The minimum atomic E-state index is -3.50. The first-order chi connectivity index (χ1) is 8.35. The van der Waals surface area contributed by atoms with E-state index in [-0.39, 0.29) is 12.3 Å². The van der Waals surface area contributed by atoms with Crippen LogP contribution in [0.2, 0.25) is 0 Å². The van der Waals surface area contributed by atoms with E-state index < -0.39 is 15.9 Å². The number of aryl methyl sites for hydroxylation is 1. The molecule has 0 heterocycles. The van der Waals surface area contributed by atoms with E-state index in [1.165, 1.54) is 7.05 Å². The molecule has 0 aliphatic heterocycles. The molecule has 1 amide bonds. The summed E-state index contributed by atoms with van der Waals surface area (Å²) in [6.07, 6.45) is 0.852. The summed E-state index contributed by atoms with van der Waals surface area (Å²) in [5, 5.41) is 0. The standard InChI is InChI=1S/C12H18N2O3S/c1-3-10-5-4-6-11(7-10)9-18(16,17)14(2)8-12(13)15/h4-7H,3,8-9H2,1-2H3,(H2,13,15). The van der Waals surface area contributed by atoms with E-state index in [0.717, 1.165) is 16.3 Å². The fraction of sp³-hybridized carbons (Fsp3) is 0.417. The van der Waals surface area contributed by atoms with E-state index >= 15 is 0 Å². The van der Waals surface area contributed by atoms with Gasteiger partial charge in [0.1, 0.15) is 0 Å². The van der Waals surface area contributed by atoms with Gasteiger partial charge in [-0.15, -0.1) is 0 Å². The summed E-state index contributed by atoms with van der Waals surface area (Å²) in [6.45, 7) is 1.71. The van der Waals surface area contributed by atoms with Crippen molar-refractivity contribution >= 4 is 15.9 Å². The maximum absolute atomic E-state index is 12.0. The molecule has 0 radical (unpaired) electrons. The molecule has 0 atom stereocenters. The van der Waals surface area contributed by atoms with Crippen molar-refractivity contribution in [2.45, 2.75) is 19.1 Å². The Hall–Kier alpha value is -1.40. The highest BCUT2D eigenvalue weighted by Crippen LogP contribution is 2.12. The van der Waals surface area contributed by atoms with Gasteiger partial charge in [0.2, 0.25) is 15.9 Å². The molecular formula is C12H18N2O3S. The van der Waals surface area contributed by atoms with Crippen LogP contribution in [0.1, 0.15) is 18.1 Å². The van der Waals surface area contributed by atoms with E-state index in [2.05, 4.69) is 0 Å². The van der Waals surface area contributed by atoms with Crippen molar-refractivity contribution in [3.63, 3.8) is 0 Å². The largest absolute Gasteiger partial charge is 0.369 e. The third-order valence-corrected chi connectivity index (χ3v) is 4.38. The van der Waals surface area contributed by atoms with Crippen LogP contribution in [0.25, 0.3) is 0 Å².